The second-order valence-electron chi connectivity index (χ2n) is 32.2. The van der Waals surface area contributed by atoms with Crippen LogP contribution in [-0.4, -0.2) is 174 Å². The van der Waals surface area contributed by atoms with E-state index in [4.69, 9.17) is 0 Å². The molecule has 0 bridgehead atoms. The van der Waals surface area contributed by atoms with Gasteiger partial charge in [-0.2, -0.15) is 0 Å². The predicted molar refractivity (Wildman–Crippen MR) is 361 cm³/mol. The standard InChI is InChI=1S/2C36H53N7O6/c2*1-7-11-23(28(44)33(48)39-21-14-15-21)40-32(47)27-25-22(36(25,5)6)19-43(27)34(49)29(35(2,3)4)42-31(46)26(20-12-9-8-10-13-20)41-30(45)24-18-37-16-17-38-24/h2*16-18,20-23,25-27,29H,7-15,19H2,1-6H3,(H,39,48)(H,40,47)(H,41,45)(H,42,46)/t2*22-,23-,25-,26-,27-,29+/m00/s1. The molecule has 26 heteroatoms. The van der Waals surface area contributed by atoms with Crippen LogP contribution in [0.3, 0.4) is 0 Å². The van der Waals surface area contributed by atoms with Crippen LogP contribution in [0.2, 0.25) is 0 Å². The number of hydrogen-bond acceptors (Lipinski definition) is 16. The van der Waals surface area contributed by atoms with Gasteiger partial charge in [-0.25, -0.2) is 9.97 Å². The quantitative estimate of drug-likeness (QED) is 0.0597. The summed E-state index contributed by atoms with van der Waals surface area (Å²) in [5.41, 5.74) is -1.69. The lowest BCUT2D eigenvalue weighted by atomic mass is 9.82. The van der Waals surface area contributed by atoms with Gasteiger partial charge >= 0.3 is 0 Å². The summed E-state index contributed by atoms with van der Waals surface area (Å²) >= 11 is 0. The van der Waals surface area contributed by atoms with Gasteiger partial charge in [-0.05, 0) is 121 Å². The number of hydrogen-bond donors (Lipinski definition) is 8. The van der Waals surface area contributed by atoms with E-state index in [1.54, 1.807) is 9.80 Å². The topological polar surface area (TPSA) is 359 Å². The monoisotopic (exact) mass is 1360 g/mol. The number of amides is 10. The average molecular weight is 1360 g/mol. The average Bonchev–Trinajstić information content (AvgIpc) is 1.53. The molecule has 10 amide bonds. The van der Waals surface area contributed by atoms with Crippen molar-refractivity contribution in [2.75, 3.05) is 13.1 Å². The van der Waals surface area contributed by atoms with E-state index in [2.05, 4.69) is 90.2 Å². The Bertz CT molecular complexity index is 3080. The number of Topliss-reactive ketones (excluding diaryl/α,β-unsaturated/α-hetero) is 2. The van der Waals surface area contributed by atoms with E-state index in [0.717, 1.165) is 89.9 Å². The van der Waals surface area contributed by atoms with Gasteiger partial charge in [-0.15, -0.1) is 0 Å². The molecule has 0 radical (unpaired) electrons. The van der Waals surface area contributed by atoms with Gasteiger partial charge in [0, 0.05) is 50.0 Å². The SMILES string of the molecule is CCC[C@H](NC(=O)[C@@H]1[C@@H]2[C@H](CN1C(=O)[C@@H](NC(=O)[C@@H](NC(=O)c1cnccn1)C1CCCCC1)C(C)(C)C)C2(C)C)C(=O)C(=O)NC1CC1.CCC[C@H](NC(=O)[C@@H]1[C@@H]2[C@H](CN1C(=O)[C@@H](NC(=O)[C@@H](NC(=O)c1cnccn1)C1CCCCC1)C(C)(C)C)C2(C)C)C(=O)C(=O)NC1CC1. The summed E-state index contributed by atoms with van der Waals surface area (Å²) in [6.07, 6.45) is 22.4. The number of likely N-dealkylation sites (tertiary alicyclic amines) is 2. The molecule has 0 spiro atoms. The number of carbonyl (C=O) groups is 12. The molecule has 10 rings (SSSR count). The fourth-order valence-corrected chi connectivity index (χ4v) is 15.6. The number of fused-ring (bicyclic) bond motifs is 2. The van der Waals surface area contributed by atoms with E-state index in [0.29, 0.717) is 38.8 Å². The van der Waals surface area contributed by atoms with Crippen LogP contribution < -0.4 is 42.5 Å². The van der Waals surface area contributed by atoms with Gasteiger partial charge in [0.15, 0.2) is 0 Å². The summed E-state index contributed by atoms with van der Waals surface area (Å²) in [5, 5.41) is 22.9. The highest BCUT2D eigenvalue weighted by Gasteiger charge is 2.71. The molecular weight excluding hydrogens is 1250 g/mol. The van der Waals surface area contributed by atoms with Crippen molar-refractivity contribution in [3.63, 3.8) is 0 Å². The molecule has 6 saturated carbocycles. The van der Waals surface area contributed by atoms with Crippen molar-refractivity contribution in [1.29, 1.82) is 0 Å². The van der Waals surface area contributed by atoms with Crippen LogP contribution in [0.25, 0.3) is 0 Å². The number of piperidine rings is 2. The predicted octanol–water partition coefficient (Wildman–Crippen LogP) is 4.60. The highest BCUT2D eigenvalue weighted by atomic mass is 16.2. The van der Waals surface area contributed by atoms with Crippen LogP contribution in [0, 0.1) is 57.2 Å². The normalized spacial score (nSPS) is 24.9. The maximum atomic E-state index is 14.5. The minimum Gasteiger partial charge on any atom is -0.347 e. The Hall–Kier alpha value is -7.80. The molecule has 8 N–H and O–H groups in total. The maximum absolute atomic E-state index is 14.5. The van der Waals surface area contributed by atoms with Gasteiger partial charge in [0.05, 0.1) is 24.5 Å². The van der Waals surface area contributed by atoms with Gasteiger partial charge in [0.1, 0.15) is 47.6 Å². The molecule has 8 fully saturated rings. The molecule has 2 aromatic rings. The Morgan fingerprint density at radius 3 is 1.12 bits per heavy atom. The Kier molecular flexibility index (Phi) is 23.4. The molecule has 8 aliphatic rings. The molecule has 2 aromatic heterocycles. The van der Waals surface area contributed by atoms with Crippen LogP contribution >= 0.6 is 0 Å². The first-order valence-corrected chi connectivity index (χ1v) is 36.0. The van der Waals surface area contributed by atoms with E-state index in [9.17, 15) is 57.5 Å². The lowest BCUT2D eigenvalue weighted by Crippen LogP contribution is -2.63. The van der Waals surface area contributed by atoms with E-state index >= 15 is 0 Å². The Labute approximate surface area is 576 Å². The van der Waals surface area contributed by atoms with Crippen LogP contribution in [-0.2, 0) is 47.9 Å². The molecule has 0 aromatic carbocycles. The van der Waals surface area contributed by atoms with Crippen molar-refractivity contribution in [2.45, 2.75) is 259 Å². The molecule has 98 heavy (non-hydrogen) atoms. The summed E-state index contributed by atoms with van der Waals surface area (Å²) in [6.45, 7) is 23.8. The van der Waals surface area contributed by atoms with Gasteiger partial charge in [0.2, 0.25) is 47.0 Å². The molecule has 2 saturated heterocycles. The highest BCUT2D eigenvalue weighted by molar-refractivity contribution is 6.39. The third kappa shape index (κ3) is 17.4. The second-order valence-corrected chi connectivity index (χ2v) is 32.2. The van der Waals surface area contributed by atoms with Crippen molar-refractivity contribution in [3.05, 3.63) is 48.6 Å². The van der Waals surface area contributed by atoms with Gasteiger partial charge in [-0.1, -0.05) is 134 Å². The highest BCUT2D eigenvalue weighted by Crippen LogP contribution is 2.66. The molecule has 0 unspecified atom stereocenters. The number of ketones is 2. The molecule has 6 aliphatic carbocycles. The van der Waals surface area contributed by atoms with Crippen molar-refractivity contribution >= 4 is 70.6 Å². The van der Waals surface area contributed by atoms with E-state index in [1.807, 2.05) is 55.4 Å². The van der Waals surface area contributed by atoms with Gasteiger partial charge in [0.25, 0.3) is 23.6 Å². The van der Waals surface area contributed by atoms with Gasteiger partial charge < -0.3 is 52.3 Å². The Morgan fingerprint density at radius 2 is 0.827 bits per heavy atom. The minimum absolute atomic E-state index is 0.00739. The summed E-state index contributed by atoms with van der Waals surface area (Å²) in [5.74, 6) is -6.77. The summed E-state index contributed by atoms with van der Waals surface area (Å²) < 4.78 is 0. The first kappa shape index (κ1) is 74.4. The number of nitrogens with one attached hydrogen (secondary N) is 8. The lowest BCUT2D eigenvalue weighted by Gasteiger charge is -2.39. The summed E-state index contributed by atoms with van der Waals surface area (Å²) in [4.78, 5) is 182. The second kappa shape index (κ2) is 30.8. The van der Waals surface area contributed by atoms with Crippen LogP contribution in [0.15, 0.2) is 37.2 Å². The number of aromatic nitrogens is 4. The largest absolute Gasteiger partial charge is 0.347 e. The van der Waals surface area contributed by atoms with Crippen LogP contribution in [0.1, 0.15) is 220 Å². The molecule has 2 aliphatic heterocycles. The molecule has 536 valence electrons. The van der Waals surface area contributed by atoms with Crippen LogP contribution in [0.5, 0.6) is 0 Å². The fourth-order valence-electron chi connectivity index (χ4n) is 15.6. The van der Waals surface area contributed by atoms with Crippen molar-refractivity contribution < 1.29 is 57.5 Å². The minimum atomic E-state index is -1.01. The van der Waals surface area contributed by atoms with Crippen molar-refractivity contribution in [2.24, 2.45) is 57.2 Å². The number of nitrogens with zero attached hydrogens (tertiary/aromatic N) is 6. The summed E-state index contributed by atoms with van der Waals surface area (Å²) in [6, 6.07) is -7.50. The first-order valence-electron chi connectivity index (χ1n) is 36.0. The zero-order chi connectivity index (χ0) is 71.3. The Morgan fingerprint density at radius 1 is 0.480 bits per heavy atom. The Balaban J connectivity index is 0.000000229. The number of carbonyl (C=O) groups excluding carboxylic acids is 12. The van der Waals surface area contributed by atoms with E-state index < -0.39 is 130 Å². The van der Waals surface area contributed by atoms with Gasteiger partial charge in [-0.3, -0.25) is 67.5 Å². The zero-order valence-electron chi connectivity index (χ0n) is 59.4. The van der Waals surface area contributed by atoms with Crippen molar-refractivity contribution in [1.82, 2.24) is 72.3 Å². The maximum Gasteiger partial charge on any atom is 0.289 e. The molecular formula is C72H106N14O12. The van der Waals surface area contributed by atoms with Crippen LogP contribution in [0.4, 0.5) is 0 Å². The van der Waals surface area contributed by atoms with E-state index in [-0.39, 0.29) is 69.8 Å². The zero-order valence-corrected chi connectivity index (χ0v) is 59.4. The third-order valence-electron chi connectivity index (χ3n) is 22.0. The lowest BCUT2D eigenvalue weighted by molar-refractivity contribution is -0.147. The summed E-state index contributed by atoms with van der Waals surface area (Å²) in [7, 11) is 0. The molecule has 26 nitrogen and oxygen atoms in total. The first-order chi connectivity index (χ1) is 46.3. The molecule has 4 heterocycles. The smallest absolute Gasteiger partial charge is 0.289 e. The number of rotatable bonds is 26. The fraction of sp³-hybridized carbons (Fsp3) is 0.722. The third-order valence-corrected chi connectivity index (χ3v) is 22.0. The van der Waals surface area contributed by atoms with E-state index in [1.165, 1.54) is 37.2 Å². The molecule has 12 atom stereocenters. The van der Waals surface area contributed by atoms with Crippen molar-refractivity contribution in [3.8, 4) is 0 Å².